The molecule has 0 saturated carbocycles. The van der Waals surface area contributed by atoms with Crippen LogP contribution >= 0.6 is 0 Å². The molecule has 0 aliphatic heterocycles. The van der Waals surface area contributed by atoms with Crippen LogP contribution in [0.1, 0.15) is 25.0 Å². The number of carbonyl (C=O) groups is 2. The Hall–Kier alpha value is -2.61. The van der Waals surface area contributed by atoms with Gasteiger partial charge in [-0.25, -0.2) is 4.79 Å². The molecule has 0 spiro atoms. The second kappa shape index (κ2) is 7.10. The van der Waals surface area contributed by atoms with E-state index in [1.807, 2.05) is 6.07 Å². The van der Waals surface area contributed by atoms with Gasteiger partial charge in [0, 0.05) is 6.08 Å². The molecule has 1 aromatic rings. The summed E-state index contributed by atoms with van der Waals surface area (Å²) in [6.45, 7) is 3.45. The molecule has 20 heavy (non-hydrogen) atoms. The monoisotopic (exact) mass is 272 g/mol. The van der Waals surface area contributed by atoms with Crippen LogP contribution in [0.2, 0.25) is 0 Å². The van der Waals surface area contributed by atoms with E-state index in [0.29, 0.717) is 5.56 Å². The van der Waals surface area contributed by atoms with Gasteiger partial charge in [0.25, 0.3) is 0 Å². The number of nitrogens with zero attached hydrogens (tertiary/aromatic N) is 1. The molecule has 1 rings (SSSR count). The quantitative estimate of drug-likeness (QED) is 0.800. The average Bonchev–Trinajstić information content (AvgIpc) is 2.42. The lowest BCUT2D eigenvalue weighted by Crippen LogP contribution is -2.43. The third-order valence-corrected chi connectivity index (χ3v) is 2.70. The van der Waals surface area contributed by atoms with Gasteiger partial charge in [-0.1, -0.05) is 26.0 Å². The molecule has 0 unspecified atom stereocenters. The summed E-state index contributed by atoms with van der Waals surface area (Å²) in [7, 11) is 0. The molecular formula is C15H16N2O3. The lowest BCUT2D eigenvalue weighted by atomic mass is 10.0. The summed E-state index contributed by atoms with van der Waals surface area (Å²) in [4.78, 5) is 22.6. The largest absolute Gasteiger partial charge is 0.480 e. The van der Waals surface area contributed by atoms with Crippen molar-refractivity contribution in [3.05, 3.63) is 41.5 Å². The Morgan fingerprint density at radius 3 is 2.35 bits per heavy atom. The van der Waals surface area contributed by atoms with Crippen LogP contribution in [0.5, 0.6) is 0 Å². The van der Waals surface area contributed by atoms with E-state index in [4.69, 9.17) is 10.4 Å². The second-order valence-corrected chi connectivity index (χ2v) is 4.64. The number of benzene rings is 1. The highest BCUT2D eigenvalue weighted by atomic mass is 16.4. The molecule has 0 aliphatic rings. The van der Waals surface area contributed by atoms with E-state index in [9.17, 15) is 9.59 Å². The molecule has 5 heteroatoms. The maximum absolute atomic E-state index is 11.6. The van der Waals surface area contributed by atoms with E-state index in [2.05, 4.69) is 5.32 Å². The zero-order chi connectivity index (χ0) is 15.1. The average molecular weight is 272 g/mol. The minimum atomic E-state index is -1.06. The van der Waals surface area contributed by atoms with Gasteiger partial charge in [-0.05, 0) is 29.7 Å². The molecule has 0 aliphatic carbocycles. The predicted octanol–water partition coefficient (Wildman–Crippen LogP) is 1.80. The maximum Gasteiger partial charge on any atom is 0.326 e. The summed E-state index contributed by atoms with van der Waals surface area (Å²) in [5, 5.41) is 20.1. The van der Waals surface area contributed by atoms with E-state index in [-0.39, 0.29) is 5.92 Å². The molecule has 104 valence electrons. The van der Waals surface area contributed by atoms with Crippen LogP contribution in [0.15, 0.2) is 30.3 Å². The van der Waals surface area contributed by atoms with Gasteiger partial charge in [-0.2, -0.15) is 5.26 Å². The van der Waals surface area contributed by atoms with Crippen molar-refractivity contribution in [1.82, 2.24) is 5.32 Å². The lowest BCUT2D eigenvalue weighted by Gasteiger charge is -2.16. The first-order valence-corrected chi connectivity index (χ1v) is 6.15. The fourth-order valence-electron chi connectivity index (χ4n) is 1.56. The van der Waals surface area contributed by atoms with Crippen molar-refractivity contribution < 1.29 is 14.7 Å². The number of carboxylic acid groups (broad SMARTS) is 1. The van der Waals surface area contributed by atoms with Gasteiger partial charge in [0.15, 0.2) is 0 Å². The number of aliphatic carboxylic acids is 1. The number of amides is 1. The number of nitrogens with one attached hydrogen (secondary N) is 1. The van der Waals surface area contributed by atoms with Crippen LogP contribution in [0.25, 0.3) is 6.08 Å². The summed E-state index contributed by atoms with van der Waals surface area (Å²) < 4.78 is 0. The first-order valence-electron chi connectivity index (χ1n) is 6.15. The van der Waals surface area contributed by atoms with Crippen molar-refractivity contribution >= 4 is 18.0 Å². The van der Waals surface area contributed by atoms with Crippen LogP contribution in [0, 0.1) is 17.2 Å². The van der Waals surface area contributed by atoms with Crippen molar-refractivity contribution in [2.24, 2.45) is 5.92 Å². The SMILES string of the molecule is CC(C)[C@H](NC(=O)/C=C/c1ccc(C#N)cc1)C(=O)O. The molecule has 1 atom stereocenters. The standard InChI is InChI=1S/C15H16N2O3/c1-10(2)14(15(19)20)17-13(18)8-7-11-3-5-12(9-16)6-4-11/h3-8,10,14H,1-2H3,(H,17,18)(H,19,20)/b8-7+/t14-/m0/s1. The molecule has 5 nitrogen and oxygen atoms in total. The number of rotatable bonds is 5. The summed E-state index contributed by atoms with van der Waals surface area (Å²) in [6, 6.07) is 7.80. The molecule has 1 aromatic carbocycles. The van der Waals surface area contributed by atoms with E-state index in [1.54, 1.807) is 44.2 Å². The highest BCUT2D eigenvalue weighted by Crippen LogP contribution is 2.06. The Morgan fingerprint density at radius 1 is 1.30 bits per heavy atom. The minimum absolute atomic E-state index is 0.195. The van der Waals surface area contributed by atoms with Crippen molar-refractivity contribution in [1.29, 1.82) is 5.26 Å². The molecule has 0 heterocycles. The number of nitriles is 1. The van der Waals surface area contributed by atoms with E-state index >= 15 is 0 Å². The van der Waals surface area contributed by atoms with Gasteiger partial charge in [0.1, 0.15) is 6.04 Å². The zero-order valence-electron chi connectivity index (χ0n) is 11.3. The molecule has 0 bridgehead atoms. The smallest absolute Gasteiger partial charge is 0.326 e. The van der Waals surface area contributed by atoms with Gasteiger partial charge in [0.05, 0.1) is 11.6 Å². The highest BCUT2D eigenvalue weighted by molar-refractivity contribution is 5.94. The van der Waals surface area contributed by atoms with Crippen LogP contribution in [-0.2, 0) is 9.59 Å². The van der Waals surface area contributed by atoms with E-state index < -0.39 is 17.9 Å². The predicted molar refractivity (Wildman–Crippen MR) is 74.6 cm³/mol. The molecule has 0 saturated heterocycles. The number of hydrogen-bond acceptors (Lipinski definition) is 3. The van der Waals surface area contributed by atoms with Crippen molar-refractivity contribution in [2.45, 2.75) is 19.9 Å². The fraction of sp³-hybridized carbons (Fsp3) is 0.267. The van der Waals surface area contributed by atoms with E-state index in [0.717, 1.165) is 5.56 Å². The van der Waals surface area contributed by atoms with Crippen LogP contribution < -0.4 is 5.32 Å². The fourth-order valence-corrected chi connectivity index (χ4v) is 1.56. The minimum Gasteiger partial charge on any atom is -0.480 e. The number of carbonyl (C=O) groups excluding carboxylic acids is 1. The van der Waals surface area contributed by atoms with Gasteiger partial charge in [-0.3, -0.25) is 4.79 Å². The van der Waals surface area contributed by atoms with Gasteiger partial charge in [-0.15, -0.1) is 0 Å². The Labute approximate surface area is 117 Å². The molecule has 1 amide bonds. The lowest BCUT2D eigenvalue weighted by molar-refractivity contribution is -0.142. The third kappa shape index (κ3) is 4.58. The maximum atomic E-state index is 11.6. The zero-order valence-corrected chi connectivity index (χ0v) is 11.3. The second-order valence-electron chi connectivity index (χ2n) is 4.64. The topological polar surface area (TPSA) is 90.2 Å². The van der Waals surface area contributed by atoms with Crippen molar-refractivity contribution in [2.75, 3.05) is 0 Å². The van der Waals surface area contributed by atoms with E-state index in [1.165, 1.54) is 6.08 Å². The first kappa shape index (κ1) is 15.4. The molecule has 0 radical (unpaired) electrons. The van der Waals surface area contributed by atoms with Crippen molar-refractivity contribution in [3.8, 4) is 6.07 Å². The van der Waals surface area contributed by atoms with Crippen LogP contribution in [0.3, 0.4) is 0 Å². The Bertz CT molecular complexity index is 553. The molecule has 0 aromatic heterocycles. The molecule has 2 N–H and O–H groups in total. The van der Waals surface area contributed by atoms with Crippen molar-refractivity contribution in [3.63, 3.8) is 0 Å². The van der Waals surface area contributed by atoms with Crippen LogP contribution in [0.4, 0.5) is 0 Å². The summed E-state index contributed by atoms with van der Waals surface area (Å²) in [5.41, 5.74) is 1.30. The molecule has 0 fully saturated rings. The van der Waals surface area contributed by atoms with Gasteiger partial charge >= 0.3 is 5.97 Å². The number of carboxylic acids is 1. The summed E-state index contributed by atoms with van der Waals surface area (Å²) in [5.74, 6) is -1.71. The first-order chi connectivity index (χ1) is 9.43. The number of hydrogen-bond donors (Lipinski definition) is 2. The molecular weight excluding hydrogens is 256 g/mol. The van der Waals surface area contributed by atoms with Gasteiger partial charge in [0.2, 0.25) is 5.91 Å². The highest BCUT2D eigenvalue weighted by Gasteiger charge is 2.22. The normalized spacial score (nSPS) is 12.1. The third-order valence-electron chi connectivity index (χ3n) is 2.70. The summed E-state index contributed by atoms with van der Waals surface area (Å²) >= 11 is 0. The van der Waals surface area contributed by atoms with Gasteiger partial charge < -0.3 is 10.4 Å². The summed E-state index contributed by atoms with van der Waals surface area (Å²) in [6.07, 6.45) is 2.84. The Balaban J connectivity index is 2.67. The Kier molecular flexibility index (Phi) is 5.48. The van der Waals surface area contributed by atoms with Crippen LogP contribution in [-0.4, -0.2) is 23.0 Å². The Morgan fingerprint density at radius 2 is 1.90 bits per heavy atom.